The Hall–Kier alpha value is -2.88. The highest BCUT2D eigenvalue weighted by Crippen LogP contribution is 2.30. The van der Waals surface area contributed by atoms with Gasteiger partial charge in [-0.3, -0.25) is 9.78 Å². The molecule has 0 unspecified atom stereocenters. The van der Waals surface area contributed by atoms with Crippen LogP contribution in [0, 0.1) is 25.7 Å². The minimum atomic E-state index is -3.70. The summed E-state index contributed by atoms with van der Waals surface area (Å²) in [4.78, 5) is 24.7. The summed E-state index contributed by atoms with van der Waals surface area (Å²) in [7, 11) is -3.70. The first-order chi connectivity index (χ1) is 18.6. The molecule has 5 rings (SSSR count). The monoisotopic (exact) mass is 550 g/mol. The minimum absolute atomic E-state index is 0.0565. The molecular formula is C30H38N4O4S. The van der Waals surface area contributed by atoms with Crippen molar-refractivity contribution in [2.45, 2.75) is 70.4 Å². The highest BCUT2D eigenvalue weighted by atomic mass is 32.2. The van der Waals surface area contributed by atoms with E-state index in [1.807, 2.05) is 43.0 Å². The number of nitrogens with one attached hydrogen (secondary N) is 1. The van der Waals surface area contributed by atoms with E-state index in [9.17, 15) is 13.2 Å². The molecule has 8 nitrogen and oxygen atoms in total. The number of morpholine rings is 1. The number of benzene rings is 1. The summed E-state index contributed by atoms with van der Waals surface area (Å²) in [6.07, 6.45) is 2.67. The fraction of sp³-hybridized carbons (Fsp3) is 0.500. The molecule has 3 aromatic rings. The number of hydrogen-bond acceptors (Lipinski definition) is 6. The van der Waals surface area contributed by atoms with Gasteiger partial charge in [-0.05, 0) is 81.8 Å². The topological polar surface area (TPSA) is 101 Å². The molecule has 1 aliphatic carbocycles. The standard InChI is InChI=1S/C30H38N4O4S/c1-19(2)29-18-38-14-13-34(29)30(35)22-5-8-25(9-6-22)33-39(36,37)26-10-12-27-23(17-26)7-11-28(32-27)24-15-20(3)31-21(4)16-24/h7,10-12,15-17,19,22,25,29,33H,5-6,8-9,13-14,18H2,1-4H3/t22-,25-,29-/m1/s1. The van der Waals surface area contributed by atoms with Crippen LogP contribution in [0.25, 0.3) is 22.2 Å². The maximum atomic E-state index is 13.3. The van der Waals surface area contributed by atoms with Gasteiger partial charge in [0.2, 0.25) is 15.9 Å². The summed E-state index contributed by atoms with van der Waals surface area (Å²) in [5.41, 5.74) is 4.41. The summed E-state index contributed by atoms with van der Waals surface area (Å²) < 4.78 is 35.0. The lowest BCUT2D eigenvalue weighted by atomic mass is 9.85. The predicted octanol–water partition coefficient (Wildman–Crippen LogP) is 4.63. The molecule has 1 saturated carbocycles. The van der Waals surface area contributed by atoms with E-state index in [4.69, 9.17) is 9.72 Å². The Bertz CT molecular complexity index is 1440. The third kappa shape index (κ3) is 6.15. The summed E-state index contributed by atoms with van der Waals surface area (Å²) in [6, 6.07) is 12.8. The van der Waals surface area contributed by atoms with Gasteiger partial charge in [-0.2, -0.15) is 0 Å². The van der Waals surface area contributed by atoms with Crippen molar-refractivity contribution < 1.29 is 17.9 Å². The molecule has 39 heavy (non-hydrogen) atoms. The van der Waals surface area contributed by atoms with Crippen molar-refractivity contribution in [3.8, 4) is 11.3 Å². The van der Waals surface area contributed by atoms with Crippen LogP contribution in [-0.2, 0) is 19.6 Å². The predicted molar refractivity (Wildman–Crippen MR) is 152 cm³/mol. The second-order valence-electron chi connectivity index (χ2n) is 11.3. The first kappa shape index (κ1) is 27.7. The van der Waals surface area contributed by atoms with Crippen molar-refractivity contribution >= 4 is 26.8 Å². The van der Waals surface area contributed by atoms with E-state index in [-0.39, 0.29) is 28.8 Å². The molecule has 9 heteroatoms. The van der Waals surface area contributed by atoms with Gasteiger partial charge in [0, 0.05) is 40.8 Å². The van der Waals surface area contributed by atoms with Gasteiger partial charge in [0.05, 0.1) is 35.4 Å². The van der Waals surface area contributed by atoms with E-state index in [1.54, 1.807) is 18.2 Å². The molecule has 0 bridgehead atoms. The number of fused-ring (bicyclic) bond motifs is 1. The molecule has 0 radical (unpaired) electrons. The Morgan fingerprint density at radius 2 is 1.72 bits per heavy atom. The molecule has 1 N–H and O–H groups in total. The second kappa shape index (κ2) is 11.3. The van der Waals surface area contributed by atoms with Gasteiger partial charge < -0.3 is 9.64 Å². The number of carbonyl (C=O) groups is 1. The SMILES string of the molecule is Cc1cc(-c2ccc3cc(S(=O)(=O)N[C@H]4CC[C@H](C(=O)N5CCOC[C@@H]5C(C)C)CC4)ccc3n2)cc(C)n1. The van der Waals surface area contributed by atoms with Crippen LogP contribution in [0.15, 0.2) is 47.4 Å². The number of carbonyl (C=O) groups excluding carboxylic acids is 1. The first-order valence-corrected chi connectivity index (χ1v) is 15.4. The second-order valence-corrected chi connectivity index (χ2v) is 13.0. The molecule has 2 aliphatic rings. The van der Waals surface area contributed by atoms with Crippen molar-refractivity contribution in [2.75, 3.05) is 19.8 Å². The Morgan fingerprint density at radius 3 is 2.41 bits per heavy atom. The normalized spacial score (nSPS) is 22.4. The van der Waals surface area contributed by atoms with E-state index >= 15 is 0 Å². The molecule has 2 fully saturated rings. The van der Waals surface area contributed by atoms with Crippen LogP contribution in [0.3, 0.4) is 0 Å². The number of aromatic nitrogens is 2. The lowest BCUT2D eigenvalue weighted by Gasteiger charge is -2.41. The number of hydrogen-bond donors (Lipinski definition) is 1. The van der Waals surface area contributed by atoms with Gasteiger partial charge in [0.15, 0.2) is 0 Å². The van der Waals surface area contributed by atoms with Gasteiger partial charge in [-0.1, -0.05) is 19.9 Å². The minimum Gasteiger partial charge on any atom is -0.377 e. The summed E-state index contributed by atoms with van der Waals surface area (Å²) in [5, 5.41) is 0.767. The van der Waals surface area contributed by atoms with Crippen LogP contribution in [0.2, 0.25) is 0 Å². The highest BCUT2D eigenvalue weighted by Gasteiger charge is 2.36. The molecule has 2 aromatic heterocycles. The van der Waals surface area contributed by atoms with Crippen molar-refractivity contribution in [2.24, 2.45) is 11.8 Å². The smallest absolute Gasteiger partial charge is 0.240 e. The summed E-state index contributed by atoms with van der Waals surface area (Å²) in [6.45, 7) is 9.95. The number of aryl methyl sites for hydroxylation is 2. The molecule has 1 amide bonds. The quantitative estimate of drug-likeness (QED) is 0.480. The lowest BCUT2D eigenvalue weighted by Crippen LogP contribution is -2.53. The zero-order valence-corrected chi connectivity index (χ0v) is 24.0. The fourth-order valence-electron chi connectivity index (χ4n) is 5.84. The molecule has 1 aliphatic heterocycles. The van der Waals surface area contributed by atoms with E-state index in [2.05, 4.69) is 23.6 Å². The number of sulfonamides is 1. The zero-order chi connectivity index (χ0) is 27.7. The molecule has 1 aromatic carbocycles. The average Bonchev–Trinajstić information content (AvgIpc) is 2.91. The molecule has 0 spiro atoms. The highest BCUT2D eigenvalue weighted by molar-refractivity contribution is 7.89. The lowest BCUT2D eigenvalue weighted by molar-refractivity contribution is -0.147. The molecule has 1 saturated heterocycles. The van der Waals surface area contributed by atoms with Gasteiger partial charge in [-0.15, -0.1) is 0 Å². The fourth-order valence-corrected chi connectivity index (χ4v) is 7.18. The van der Waals surface area contributed by atoms with E-state index in [0.717, 1.165) is 33.5 Å². The first-order valence-electron chi connectivity index (χ1n) is 13.9. The maximum Gasteiger partial charge on any atom is 0.240 e. The van der Waals surface area contributed by atoms with Crippen LogP contribution in [-0.4, -0.2) is 61.0 Å². The van der Waals surface area contributed by atoms with Gasteiger partial charge in [0.25, 0.3) is 0 Å². The van der Waals surface area contributed by atoms with Crippen LogP contribution >= 0.6 is 0 Å². The van der Waals surface area contributed by atoms with Crippen molar-refractivity contribution in [1.82, 2.24) is 19.6 Å². The van der Waals surface area contributed by atoms with Crippen LogP contribution in [0.1, 0.15) is 50.9 Å². The van der Waals surface area contributed by atoms with Gasteiger partial charge >= 0.3 is 0 Å². The largest absolute Gasteiger partial charge is 0.377 e. The number of amides is 1. The molecule has 208 valence electrons. The van der Waals surface area contributed by atoms with E-state index in [1.165, 1.54) is 0 Å². The Balaban J connectivity index is 1.24. The van der Waals surface area contributed by atoms with Gasteiger partial charge in [0.1, 0.15) is 0 Å². The van der Waals surface area contributed by atoms with E-state index < -0.39 is 10.0 Å². The zero-order valence-electron chi connectivity index (χ0n) is 23.2. The van der Waals surface area contributed by atoms with Crippen LogP contribution < -0.4 is 4.72 Å². The summed E-state index contributed by atoms with van der Waals surface area (Å²) in [5.74, 6) is 0.473. The van der Waals surface area contributed by atoms with E-state index in [0.29, 0.717) is 51.4 Å². The maximum absolute atomic E-state index is 13.3. The number of nitrogens with zero attached hydrogens (tertiary/aromatic N) is 3. The van der Waals surface area contributed by atoms with Crippen molar-refractivity contribution in [1.29, 1.82) is 0 Å². The molecular weight excluding hydrogens is 512 g/mol. The Labute approximate surface area is 231 Å². The Morgan fingerprint density at radius 1 is 1.00 bits per heavy atom. The third-order valence-corrected chi connectivity index (χ3v) is 9.48. The third-order valence-electron chi connectivity index (χ3n) is 7.96. The summed E-state index contributed by atoms with van der Waals surface area (Å²) >= 11 is 0. The molecule has 3 heterocycles. The number of ether oxygens (including phenoxy) is 1. The average molecular weight is 551 g/mol. The van der Waals surface area contributed by atoms with Crippen molar-refractivity contribution in [3.05, 3.63) is 53.9 Å². The van der Waals surface area contributed by atoms with Crippen LogP contribution in [0.5, 0.6) is 0 Å². The number of pyridine rings is 2. The molecule has 1 atom stereocenters. The number of rotatable bonds is 6. The van der Waals surface area contributed by atoms with Crippen molar-refractivity contribution in [3.63, 3.8) is 0 Å². The van der Waals surface area contributed by atoms with Gasteiger partial charge in [-0.25, -0.2) is 18.1 Å². The van der Waals surface area contributed by atoms with Crippen LogP contribution in [0.4, 0.5) is 0 Å². The Kier molecular flexibility index (Phi) is 8.03.